The van der Waals surface area contributed by atoms with Crippen LogP contribution >= 0.6 is 11.6 Å². The zero-order valence-electron chi connectivity index (χ0n) is 10.5. The number of nitrogen functional groups attached to an aromatic ring is 1. The minimum Gasteiger partial charge on any atom is -0.434 e. The van der Waals surface area contributed by atoms with Crippen molar-refractivity contribution in [3.63, 3.8) is 0 Å². The van der Waals surface area contributed by atoms with Gasteiger partial charge in [0.1, 0.15) is 0 Å². The van der Waals surface area contributed by atoms with E-state index in [9.17, 15) is 4.39 Å². The smallest absolute Gasteiger partial charge is 0.256 e. The van der Waals surface area contributed by atoms with E-state index in [0.29, 0.717) is 11.4 Å². The quantitative estimate of drug-likeness (QED) is 0.877. The van der Waals surface area contributed by atoms with Gasteiger partial charge in [-0.25, -0.2) is 9.37 Å². The van der Waals surface area contributed by atoms with Gasteiger partial charge in [-0.15, -0.1) is 0 Å². The Morgan fingerprint density at radius 3 is 2.68 bits per heavy atom. The Morgan fingerprint density at radius 2 is 2.05 bits per heavy atom. The molecule has 0 spiro atoms. The number of hydrogen-bond donors (Lipinski definition) is 1. The van der Waals surface area contributed by atoms with E-state index >= 15 is 0 Å². The van der Waals surface area contributed by atoms with Crippen LogP contribution in [0.15, 0.2) is 30.5 Å². The number of rotatable bonds is 3. The van der Waals surface area contributed by atoms with Crippen LogP contribution in [0.5, 0.6) is 11.6 Å². The van der Waals surface area contributed by atoms with Crippen molar-refractivity contribution in [1.82, 2.24) is 4.98 Å². The summed E-state index contributed by atoms with van der Waals surface area (Å²) in [6, 6.07) is 6.38. The molecule has 0 radical (unpaired) electrons. The maximum absolute atomic E-state index is 13.6. The zero-order chi connectivity index (χ0) is 14.0. The normalized spacial score (nSPS) is 10.3. The molecule has 6 heteroatoms. The standard InChI is InChI=1S/C13H13ClFN3O/c1-18(2)9-3-4-11(16)12(6-9)19-13-10(15)5-8(14)7-17-13/h3-7H,16H2,1-2H3. The van der Waals surface area contributed by atoms with Crippen LogP contribution in [0.3, 0.4) is 0 Å². The molecule has 19 heavy (non-hydrogen) atoms. The van der Waals surface area contributed by atoms with Crippen molar-refractivity contribution in [3.05, 3.63) is 41.3 Å². The predicted octanol–water partition coefficient (Wildman–Crippen LogP) is 3.31. The van der Waals surface area contributed by atoms with Crippen molar-refractivity contribution < 1.29 is 9.13 Å². The maximum atomic E-state index is 13.6. The highest BCUT2D eigenvalue weighted by Gasteiger charge is 2.10. The van der Waals surface area contributed by atoms with E-state index in [0.717, 1.165) is 11.8 Å². The maximum Gasteiger partial charge on any atom is 0.256 e. The average molecular weight is 282 g/mol. The molecule has 0 amide bonds. The summed E-state index contributed by atoms with van der Waals surface area (Å²) in [4.78, 5) is 5.68. The lowest BCUT2D eigenvalue weighted by Crippen LogP contribution is -2.09. The fourth-order valence-electron chi connectivity index (χ4n) is 1.47. The van der Waals surface area contributed by atoms with Gasteiger partial charge >= 0.3 is 0 Å². The van der Waals surface area contributed by atoms with Gasteiger partial charge in [-0.3, -0.25) is 0 Å². The third-order valence-corrected chi connectivity index (χ3v) is 2.70. The minimum atomic E-state index is -0.637. The van der Waals surface area contributed by atoms with E-state index in [1.54, 1.807) is 12.1 Å². The Bertz CT molecular complexity index is 604. The molecule has 0 fully saturated rings. The molecule has 1 aromatic heterocycles. The Morgan fingerprint density at radius 1 is 1.32 bits per heavy atom. The molecule has 0 saturated carbocycles. The fourth-order valence-corrected chi connectivity index (χ4v) is 1.62. The molecule has 1 heterocycles. The summed E-state index contributed by atoms with van der Waals surface area (Å²) in [6.07, 6.45) is 1.31. The number of nitrogens with two attached hydrogens (primary N) is 1. The first-order valence-corrected chi connectivity index (χ1v) is 5.91. The Labute approximate surface area is 115 Å². The molecule has 2 aromatic rings. The number of aromatic nitrogens is 1. The van der Waals surface area contributed by atoms with Gasteiger partial charge in [0.15, 0.2) is 11.6 Å². The molecule has 0 bridgehead atoms. The minimum absolute atomic E-state index is 0.160. The van der Waals surface area contributed by atoms with Gasteiger partial charge in [-0.2, -0.15) is 0 Å². The number of pyridine rings is 1. The third kappa shape index (κ3) is 3.06. The van der Waals surface area contributed by atoms with Crippen LogP contribution < -0.4 is 15.4 Å². The van der Waals surface area contributed by atoms with Crippen LogP contribution in [0.25, 0.3) is 0 Å². The Kier molecular flexibility index (Phi) is 3.76. The number of hydrogen-bond acceptors (Lipinski definition) is 4. The number of ether oxygens (including phenoxy) is 1. The first kappa shape index (κ1) is 13.4. The van der Waals surface area contributed by atoms with Gasteiger partial charge in [-0.1, -0.05) is 11.6 Å². The lowest BCUT2D eigenvalue weighted by atomic mass is 10.2. The highest BCUT2D eigenvalue weighted by molar-refractivity contribution is 6.30. The van der Waals surface area contributed by atoms with Crippen LogP contribution in [-0.2, 0) is 0 Å². The van der Waals surface area contributed by atoms with E-state index in [1.807, 2.05) is 25.1 Å². The van der Waals surface area contributed by atoms with E-state index in [2.05, 4.69) is 4.98 Å². The Hall–Kier alpha value is -2.01. The van der Waals surface area contributed by atoms with Gasteiger partial charge < -0.3 is 15.4 Å². The number of anilines is 2. The van der Waals surface area contributed by atoms with Crippen LogP contribution in [0.4, 0.5) is 15.8 Å². The summed E-state index contributed by atoms with van der Waals surface area (Å²) in [6.45, 7) is 0. The topological polar surface area (TPSA) is 51.4 Å². The third-order valence-electron chi connectivity index (χ3n) is 2.49. The fraction of sp³-hybridized carbons (Fsp3) is 0.154. The second kappa shape index (κ2) is 5.32. The van der Waals surface area contributed by atoms with Gasteiger partial charge in [0.2, 0.25) is 0 Å². The van der Waals surface area contributed by atoms with Gasteiger partial charge in [0.25, 0.3) is 5.88 Å². The molecule has 0 aliphatic rings. The summed E-state index contributed by atoms with van der Waals surface area (Å²) >= 11 is 5.63. The number of benzene rings is 1. The molecular formula is C13H13ClFN3O. The molecule has 0 saturated heterocycles. The Balaban J connectivity index is 2.34. The van der Waals surface area contributed by atoms with Crippen LogP contribution in [0.2, 0.25) is 5.02 Å². The van der Waals surface area contributed by atoms with Crippen molar-refractivity contribution in [1.29, 1.82) is 0 Å². The summed E-state index contributed by atoms with van der Waals surface area (Å²) in [7, 11) is 3.77. The van der Waals surface area contributed by atoms with E-state index in [-0.39, 0.29) is 10.9 Å². The second-order valence-corrected chi connectivity index (χ2v) is 4.60. The molecule has 2 rings (SSSR count). The number of nitrogens with zero attached hydrogens (tertiary/aromatic N) is 2. The average Bonchev–Trinajstić information content (AvgIpc) is 2.34. The van der Waals surface area contributed by atoms with Crippen LogP contribution in [-0.4, -0.2) is 19.1 Å². The van der Waals surface area contributed by atoms with Crippen molar-refractivity contribution in [2.24, 2.45) is 0 Å². The summed E-state index contributed by atoms with van der Waals surface area (Å²) < 4.78 is 19.0. The van der Waals surface area contributed by atoms with Crippen molar-refractivity contribution in [2.75, 3.05) is 24.7 Å². The van der Waals surface area contributed by atoms with E-state index in [4.69, 9.17) is 22.1 Å². The van der Waals surface area contributed by atoms with Crippen molar-refractivity contribution in [2.45, 2.75) is 0 Å². The molecule has 0 aliphatic carbocycles. The second-order valence-electron chi connectivity index (χ2n) is 4.16. The monoisotopic (exact) mass is 281 g/mol. The lowest BCUT2D eigenvalue weighted by Gasteiger charge is -2.15. The highest BCUT2D eigenvalue weighted by Crippen LogP contribution is 2.31. The molecule has 0 unspecified atom stereocenters. The van der Waals surface area contributed by atoms with E-state index in [1.165, 1.54) is 6.20 Å². The van der Waals surface area contributed by atoms with E-state index < -0.39 is 5.82 Å². The molecular weight excluding hydrogens is 269 g/mol. The molecule has 100 valence electrons. The molecule has 0 aliphatic heterocycles. The molecule has 0 atom stereocenters. The predicted molar refractivity (Wildman–Crippen MR) is 74.5 cm³/mol. The highest BCUT2D eigenvalue weighted by atomic mass is 35.5. The van der Waals surface area contributed by atoms with Gasteiger partial charge in [0, 0.05) is 32.0 Å². The SMILES string of the molecule is CN(C)c1ccc(N)c(Oc2ncc(Cl)cc2F)c1. The number of halogens is 2. The van der Waals surface area contributed by atoms with Crippen LogP contribution in [0.1, 0.15) is 0 Å². The van der Waals surface area contributed by atoms with Gasteiger partial charge in [-0.05, 0) is 18.2 Å². The van der Waals surface area contributed by atoms with Gasteiger partial charge in [0.05, 0.1) is 10.7 Å². The molecule has 4 nitrogen and oxygen atoms in total. The first-order valence-electron chi connectivity index (χ1n) is 5.53. The zero-order valence-corrected chi connectivity index (χ0v) is 11.3. The molecule has 2 N–H and O–H groups in total. The lowest BCUT2D eigenvalue weighted by molar-refractivity contribution is 0.424. The summed E-state index contributed by atoms with van der Waals surface area (Å²) in [5.41, 5.74) is 7.09. The first-order chi connectivity index (χ1) is 8.97. The van der Waals surface area contributed by atoms with Crippen LogP contribution in [0, 0.1) is 5.82 Å². The van der Waals surface area contributed by atoms with Crippen molar-refractivity contribution >= 4 is 23.0 Å². The summed E-state index contributed by atoms with van der Waals surface area (Å²) in [5.74, 6) is -0.450. The van der Waals surface area contributed by atoms with Crippen molar-refractivity contribution in [3.8, 4) is 11.6 Å². The largest absolute Gasteiger partial charge is 0.434 e. The molecule has 1 aromatic carbocycles. The summed E-state index contributed by atoms with van der Waals surface area (Å²) in [5, 5.41) is 0.208.